The van der Waals surface area contributed by atoms with E-state index in [9.17, 15) is 18.0 Å². The Morgan fingerprint density at radius 2 is 2.05 bits per heavy atom. The number of allylic oxidation sites excluding steroid dienone is 1. The van der Waals surface area contributed by atoms with E-state index in [1.54, 1.807) is 25.4 Å². The van der Waals surface area contributed by atoms with Crippen LogP contribution < -0.4 is 11.1 Å². The highest BCUT2D eigenvalue weighted by molar-refractivity contribution is 6.24. The third kappa shape index (κ3) is 6.99. The van der Waals surface area contributed by atoms with Crippen molar-refractivity contribution in [2.75, 3.05) is 38.2 Å². The minimum absolute atomic E-state index is 0.0109. The zero-order valence-electron chi connectivity index (χ0n) is 21.1. The van der Waals surface area contributed by atoms with Gasteiger partial charge in [0.05, 0.1) is 30.9 Å². The van der Waals surface area contributed by atoms with Crippen molar-refractivity contribution >= 4 is 28.5 Å². The molecule has 0 aliphatic carbocycles. The number of aliphatic imine (C=N–C) groups is 1. The number of rotatable bonds is 9. The summed E-state index contributed by atoms with van der Waals surface area (Å²) < 4.78 is 46.2. The summed E-state index contributed by atoms with van der Waals surface area (Å²) in [7, 11) is 0. The number of hydrogen-bond donors (Lipinski definition) is 3. The number of aryl methyl sites for hydroxylation is 1. The van der Waals surface area contributed by atoms with E-state index >= 15 is 0 Å². The van der Waals surface area contributed by atoms with Crippen LogP contribution in [0, 0.1) is 0 Å². The molecule has 1 aliphatic rings. The molecule has 1 aromatic carbocycles. The number of carbonyl (C=O) groups is 1. The Morgan fingerprint density at radius 3 is 2.79 bits per heavy atom. The van der Waals surface area contributed by atoms with E-state index < -0.39 is 17.6 Å². The van der Waals surface area contributed by atoms with Gasteiger partial charge in [0.15, 0.2) is 0 Å². The van der Waals surface area contributed by atoms with Gasteiger partial charge in [-0.25, -0.2) is 4.98 Å². The molecule has 3 heterocycles. The van der Waals surface area contributed by atoms with Gasteiger partial charge in [-0.1, -0.05) is 6.08 Å². The predicted octanol–water partition coefficient (Wildman–Crippen LogP) is 4.29. The van der Waals surface area contributed by atoms with Crippen molar-refractivity contribution < 1.29 is 22.7 Å². The number of H-pyrrole nitrogens is 1. The van der Waals surface area contributed by atoms with Gasteiger partial charge in [0.25, 0.3) is 5.91 Å². The number of fused-ring (bicyclic) bond motifs is 1. The van der Waals surface area contributed by atoms with Gasteiger partial charge in [0.2, 0.25) is 0 Å². The molecule has 4 rings (SSSR count). The van der Waals surface area contributed by atoms with Crippen LogP contribution in [0.3, 0.4) is 0 Å². The van der Waals surface area contributed by atoms with Gasteiger partial charge in [-0.05, 0) is 67.8 Å². The summed E-state index contributed by atoms with van der Waals surface area (Å²) in [5, 5.41) is 3.47. The molecule has 38 heavy (non-hydrogen) atoms. The number of morpholine rings is 1. The number of halogens is 3. The van der Waals surface area contributed by atoms with Crippen LogP contribution in [0.5, 0.6) is 0 Å². The summed E-state index contributed by atoms with van der Waals surface area (Å²) in [5.41, 5.74) is 7.53. The second kappa shape index (κ2) is 12.2. The van der Waals surface area contributed by atoms with Crippen molar-refractivity contribution in [1.29, 1.82) is 0 Å². The number of aromatic amines is 1. The summed E-state index contributed by atoms with van der Waals surface area (Å²) in [4.78, 5) is 26.8. The number of carbonyl (C=O) groups excluding carboxylic acids is 1. The molecule has 1 amide bonds. The summed E-state index contributed by atoms with van der Waals surface area (Å²) in [6.07, 6.45) is 1.50. The zero-order chi connectivity index (χ0) is 27.1. The predicted molar refractivity (Wildman–Crippen MR) is 141 cm³/mol. The van der Waals surface area contributed by atoms with Crippen LogP contribution in [0.15, 0.2) is 59.4 Å². The topological polar surface area (TPSA) is 109 Å². The lowest BCUT2D eigenvalue weighted by molar-refractivity contribution is -0.137. The molecule has 202 valence electrons. The Kier molecular flexibility index (Phi) is 8.80. The standard InChI is InChI=1S/C27H31F3N6O2/c1-2-22(24(31)34-17-19-5-7-32-25-23(19)6-8-33-25)26(37)35-21-15-18(14-20(16-21)27(28,29)30)4-3-9-36-10-12-38-13-11-36/h2,5-8,14-16H,3-4,9-13,17H2,1H3,(H2,31,34)(H,32,33)(H,35,37). The highest BCUT2D eigenvalue weighted by atomic mass is 19.4. The normalized spacial score (nSPS) is 15.7. The molecule has 0 bridgehead atoms. The first kappa shape index (κ1) is 27.3. The van der Waals surface area contributed by atoms with E-state index in [0.717, 1.165) is 42.7 Å². The van der Waals surface area contributed by atoms with Crippen LogP contribution in [-0.4, -0.2) is 59.5 Å². The molecular formula is C27H31F3N6O2. The number of amides is 1. The Morgan fingerprint density at radius 1 is 1.26 bits per heavy atom. The van der Waals surface area contributed by atoms with Crippen molar-refractivity contribution in [3.63, 3.8) is 0 Å². The van der Waals surface area contributed by atoms with E-state index in [-0.39, 0.29) is 23.6 Å². The average Bonchev–Trinajstić information content (AvgIpc) is 3.37. The Labute approximate surface area is 218 Å². The van der Waals surface area contributed by atoms with E-state index in [0.29, 0.717) is 37.3 Å². The Hall–Kier alpha value is -3.70. The number of anilines is 1. The highest BCUT2D eigenvalue weighted by Crippen LogP contribution is 2.32. The number of amidine groups is 1. The molecule has 0 atom stereocenters. The van der Waals surface area contributed by atoms with Crippen LogP contribution in [0.4, 0.5) is 18.9 Å². The molecule has 1 fully saturated rings. The molecular weight excluding hydrogens is 497 g/mol. The van der Waals surface area contributed by atoms with Gasteiger partial charge in [-0.2, -0.15) is 13.2 Å². The number of nitrogens with one attached hydrogen (secondary N) is 2. The fourth-order valence-corrected chi connectivity index (χ4v) is 4.41. The maximum absolute atomic E-state index is 13.6. The molecule has 0 saturated carbocycles. The van der Waals surface area contributed by atoms with E-state index in [2.05, 4.69) is 25.2 Å². The SMILES string of the molecule is CC=C(C(=O)Nc1cc(CCCN2CCOCC2)cc(C(F)(F)F)c1)C(N)=NCc1ccnc2[nH]ccc12. The molecule has 4 N–H and O–H groups in total. The molecule has 0 spiro atoms. The van der Waals surface area contributed by atoms with Crippen molar-refractivity contribution in [1.82, 2.24) is 14.9 Å². The lowest BCUT2D eigenvalue weighted by Crippen LogP contribution is -2.36. The second-order valence-electron chi connectivity index (χ2n) is 9.04. The van der Waals surface area contributed by atoms with Crippen LogP contribution in [-0.2, 0) is 28.7 Å². The number of nitrogens with two attached hydrogens (primary N) is 1. The summed E-state index contributed by atoms with van der Waals surface area (Å²) in [6.45, 7) is 5.56. The van der Waals surface area contributed by atoms with E-state index in [1.165, 1.54) is 6.08 Å². The fraction of sp³-hybridized carbons (Fsp3) is 0.370. The van der Waals surface area contributed by atoms with Gasteiger partial charge in [0, 0.05) is 36.6 Å². The number of nitrogens with zero attached hydrogens (tertiary/aromatic N) is 3. The van der Waals surface area contributed by atoms with Crippen LogP contribution in [0.2, 0.25) is 0 Å². The smallest absolute Gasteiger partial charge is 0.383 e. The average molecular weight is 529 g/mol. The van der Waals surface area contributed by atoms with Crippen LogP contribution >= 0.6 is 0 Å². The van der Waals surface area contributed by atoms with Crippen molar-refractivity contribution in [3.8, 4) is 0 Å². The van der Waals surface area contributed by atoms with Gasteiger partial charge < -0.3 is 20.8 Å². The Balaban J connectivity index is 1.46. The lowest BCUT2D eigenvalue weighted by atomic mass is 10.0. The van der Waals surface area contributed by atoms with Crippen molar-refractivity contribution in [2.24, 2.45) is 10.7 Å². The Bertz CT molecular complexity index is 1330. The molecule has 8 nitrogen and oxygen atoms in total. The zero-order valence-corrected chi connectivity index (χ0v) is 21.1. The first-order valence-electron chi connectivity index (χ1n) is 12.4. The van der Waals surface area contributed by atoms with Gasteiger partial charge in [-0.3, -0.25) is 14.7 Å². The minimum atomic E-state index is -4.54. The maximum Gasteiger partial charge on any atom is 0.416 e. The van der Waals surface area contributed by atoms with Crippen molar-refractivity contribution in [3.05, 3.63) is 71.1 Å². The highest BCUT2D eigenvalue weighted by Gasteiger charge is 2.31. The number of hydrogen-bond acceptors (Lipinski definition) is 5. The second-order valence-corrected chi connectivity index (χ2v) is 9.04. The van der Waals surface area contributed by atoms with Gasteiger partial charge in [-0.15, -0.1) is 0 Å². The number of ether oxygens (including phenoxy) is 1. The van der Waals surface area contributed by atoms with Gasteiger partial charge in [0.1, 0.15) is 11.5 Å². The number of aromatic nitrogens is 2. The largest absolute Gasteiger partial charge is 0.416 e. The molecule has 1 saturated heterocycles. The third-order valence-corrected chi connectivity index (χ3v) is 6.40. The van der Waals surface area contributed by atoms with Crippen LogP contribution in [0.1, 0.15) is 30.0 Å². The molecule has 2 aromatic heterocycles. The monoisotopic (exact) mass is 528 g/mol. The van der Waals surface area contributed by atoms with Crippen molar-refractivity contribution in [2.45, 2.75) is 32.5 Å². The summed E-state index contributed by atoms with van der Waals surface area (Å²) in [5.74, 6) is -0.642. The molecule has 0 radical (unpaired) electrons. The summed E-state index contributed by atoms with van der Waals surface area (Å²) in [6, 6.07) is 7.33. The van der Waals surface area contributed by atoms with E-state index in [1.807, 2.05) is 12.1 Å². The maximum atomic E-state index is 13.6. The lowest BCUT2D eigenvalue weighted by Gasteiger charge is -2.26. The first-order valence-corrected chi connectivity index (χ1v) is 12.4. The minimum Gasteiger partial charge on any atom is -0.383 e. The van der Waals surface area contributed by atoms with Gasteiger partial charge >= 0.3 is 6.18 Å². The molecule has 1 aliphatic heterocycles. The quantitative estimate of drug-likeness (QED) is 0.218. The molecule has 3 aromatic rings. The van der Waals surface area contributed by atoms with E-state index in [4.69, 9.17) is 10.5 Å². The third-order valence-electron chi connectivity index (χ3n) is 6.40. The summed E-state index contributed by atoms with van der Waals surface area (Å²) >= 11 is 0. The number of benzene rings is 1. The number of pyridine rings is 1. The number of alkyl halides is 3. The fourth-order valence-electron chi connectivity index (χ4n) is 4.41. The molecule has 11 heteroatoms. The van der Waals surface area contributed by atoms with Crippen LogP contribution in [0.25, 0.3) is 11.0 Å². The first-order chi connectivity index (χ1) is 18.2. The molecule has 0 unspecified atom stereocenters.